The third-order valence-corrected chi connectivity index (χ3v) is 2.17. The van der Waals surface area contributed by atoms with Gasteiger partial charge >= 0.3 is 5.97 Å². The van der Waals surface area contributed by atoms with Gasteiger partial charge in [0.1, 0.15) is 11.9 Å². The summed E-state index contributed by atoms with van der Waals surface area (Å²) in [5.74, 6) is -1.71. The van der Waals surface area contributed by atoms with Gasteiger partial charge in [-0.1, -0.05) is 6.07 Å². The van der Waals surface area contributed by atoms with Crippen LogP contribution in [0.3, 0.4) is 0 Å². The minimum atomic E-state index is -1.65. The number of nitriles is 1. The molecule has 0 amide bonds. The second-order valence-corrected chi connectivity index (χ2v) is 3.25. The highest BCUT2D eigenvalue weighted by atomic mass is 19.1. The van der Waals surface area contributed by atoms with Gasteiger partial charge in [0.15, 0.2) is 6.10 Å². The molecular formula is C11H10FNO4. The van der Waals surface area contributed by atoms with E-state index in [-0.39, 0.29) is 11.1 Å². The van der Waals surface area contributed by atoms with Gasteiger partial charge in [0.2, 0.25) is 0 Å². The van der Waals surface area contributed by atoms with E-state index in [1.165, 1.54) is 12.1 Å². The Labute approximate surface area is 96.7 Å². The molecule has 0 spiro atoms. The third-order valence-electron chi connectivity index (χ3n) is 2.17. The minimum absolute atomic E-state index is 0.0563. The molecule has 5 nitrogen and oxygen atoms in total. The van der Waals surface area contributed by atoms with Crippen LogP contribution in [0, 0.1) is 17.1 Å². The average molecular weight is 239 g/mol. The van der Waals surface area contributed by atoms with Gasteiger partial charge < -0.3 is 14.9 Å². The maximum Gasteiger partial charge on any atom is 0.340 e. The minimum Gasteiger partial charge on any atom is -0.465 e. The summed E-state index contributed by atoms with van der Waals surface area (Å²) in [4.78, 5) is 11.2. The smallest absolute Gasteiger partial charge is 0.340 e. The van der Waals surface area contributed by atoms with Gasteiger partial charge in [-0.25, -0.2) is 9.18 Å². The summed E-state index contributed by atoms with van der Waals surface area (Å²) in [7, 11) is 1.09. The van der Waals surface area contributed by atoms with Gasteiger partial charge in [0.05, 0.1) is 18.7 Å². The van der Waals surface area contributed by atoms with Gasteiger partial charge in [0, 0.05) is 0 Å². The van der Waals surface area contributed by atoms with E-state index in [0.717, 1.165) is 19.2 Å². The van der Waals surface area contributed by atoms with Gasteiger partial charge in [-0.3, -0.25) is 0 Å². The van der Waals surface area contributed by atoms with E-state index < -0.39 is 24.0 Å². The van der Waals surface area contributed by atoms with E-state index >= 15 is 0 Å². The molecule has 2 N–H and O–H groups in total. The van der Waals surface area contributed by atoms with Crippen LogP contribution in [0.25, 0.3) is 0 Å². The van der Waals surface area contributed by atoms with E-state index in [2.05, 4.69) is 4.74 Å². The van der Waals surface area contributed by atoms with Crippen LogP contribution >= 0.6 is 0 Å². The molecule has 0 radical (unpaired) electrons. The fourth-order valence-corrected chi connectivity index (χ4v) is 1.25. The van der Waals surface area contributed by atoms with Crippen molar-refractivity contribution in [2.45, 2.75) is 12.2 Å². The highest BCUT2D eigenvalue weighted by Gasteiger charge is 2.21. The zero-order valence-electron chi connectivity index (χ0n) is 8.92. The summed E-state index contributed by atoms with van der Waals surface area (Å²) in [5.41, 5.74) is -0.310. The van der Waals surface area contributed by atoms with Crippen LogP contribution in [0.15, 0.2) is 18.2 Å². The number of halogens is 1. The highest BCUT2D eigenvalue weighted by Crippen LogP contribution is 2.20. The average Bonchev–Trinajstić information content (AvgIpc) is 2.36. The van der Waals surface area contributed by atoms with E-state index in [0.29, 0.717) is 0 Å². The van der Waals surface area contributed by atoms with Gasteiger partial charge in [-0.15, -0.1) is 0 Å². The van der Waals surface area contributed by atoms with Crippen LogP contribution in [-0.2, 0) is 4.74 Å². The topological polar surface area (TPSA) is 90.6 Å². The molecule has 2 unspecified atom stereocenters. The predicted molar refractivity (Wildman–Crippen MR) is 54.3 cm³/mol. The molecule has 0 fully saturated rings. The number of nitrogens with zero attached hydrogens (tertiary/aromatic N) is 1. The van der Waals surface area contributed by atoms with Gasteiger partial charge in [0.25, 0.3) is 0 Å². The standard InChI is InChI=1S/C11H10FNO4/c1-17-11(16)7-4-6(2-3-8(7)12)10(15)9(14)5-13/h2-4,9-10,14-15H,1H3. The third kappa shape index (κ3) is 2.78. The van der Waals surface area contributed by atoms with E-state index in [1.54, 1.807) is 0 Å². The fraction of sp³-hybridized carbons (Fsp3) is 0.273. The zero-order valence-corrected chi connectivity index (χ0v) is 8.92. The molecule has 0 aliphatic heterocycles. The Bertz CT molecular complexity index is 469. The van der Waals surface area contributed by atoms with Crippen molar-refractivity contribution in [1.29, 1.82) is 5.26 Å². The Morgan fingerprint density at radius 1 is 1.53 bits per heavy atom. The number of aliphatic hydroxyl groups excluding tert-OH is 2. The molecule has 1 aromatic carbocycles. The molecule has 6 heteroatoms. The molecule has 0 heterocycles. The van der Waals surface area contributed by atoms with Crippen molar-refractivity contribution in [2.75, 3.05) is 7.11 Å². The summed E-state index contributed by atoms with van der Waals surface area (Å²) >= 11 is 0. The van der Waals surface area contributed by atoms with Crippen LogP contribution in [0.1, 0.15) is 22.0 Å². The van der Waals surface area contributed by atoms with Crippen molar-refractivity contribution in [3.05, 3.63) is 35.1 Å². The van der Waals surface area contributed by atoms with Crippen molar-refractivity contribution < 1.29 is 24.1 Å². The summed E-state index contributed by atoms with van der Waals surface area (Å²) in [5, 5.41) is 27.0. The number of hydrogen-bond donors (Lipinski definition) is 2. The van der Waals surface area contributed by atoms with Crippen LogP contribution in [-0.4, -0.2) is 29.4 Å². The summed E-state index contributed by atoms with van der Waals surface area (Å²) < 4.78 is 17.6. The normalized spacial score (nSPS) is 13.6. The van der Waals surface area contributed by atoms with Crippen molar-refractivity contribution in [1.82, 2.24) is 0 Å². The molecule has 0 saturated carbocycles. The van der Waals surface area contributed by atoms with Gasteiger partial charge in [-0.05, 0) is 17.7 Å². The molecule has 17 heavy (non-hydrogen) atoms. The number of esters is 1. The second kappa shape index (κ2) is 5.39. The van der Waals surface area contributed by atoms with E-state index in [1.807, 2.05) is 0 Å². The zero-order chi connectivity index (χ0) is 13.0. The second-order valence-electron chi connectivity index (χ2n) is 3.25. The highest BCUT2D eigenvalue weighted by molar-refractivity contribution is 5.89. The Hall–Kier alpha value is -1.97. The Kier molecular flexibility index (Phi) is 4.15. The molecular weight excluding hydrogens is 229 g/mol. The van der Waals surface area contributed by atoms with Gasteiger partial charge in [-0.2, -0.15) is 5.26 Å². The summed E-state index contributed by atoms with van der Waals surface area (Å²) in [6.07, 6.45) is -3.16. The number of carbonyl (C=O) groups excluding carboxylic acids is 1. The quantitative estimate of drug-likeness (QED) is 0.593. The van der Waals surface area contributed by atoms with Crippen LogP contribution < -0.4 is 0 Å². The largest absolute Gasteiger partial charge is 0.465 e. The number of methoxy groups -OCH3 is 1. The maximum absolute atomic E-state index is 13.2. The first-order valence-corrected chi connectivity index (χ1v) is 4.64. The van der Waals surface area contributed by atoms with Crippen LogP contribution in [0.5, 0.6) is 0 Å². The lowest BCUT2D eigenvalue weighted by molar-refractivity contribution is 0.0520. The van der Waals surface area contributed by atoms with Crippen LogP contribution in [0.2, 0.25) is 0 Å². The lowest BCUT2D eigenvalue weighted by Gasteiger charge is -2.13. The summed E-state index contributed by atoms with van der Waals surface area (Å²) in [6.45, 7) is 0. The maximum atomic E-state index is 13.2. The summed E-state index contributed by atoms with van der Waals surface area (Å²) in [6, 6.07) is 4.60. The molecule has 1 aromatic rings. The molecule has 0 bridgehead atoms. The lowest BCUT2D eigenvalue weighted by atomic mass is 10.0. The fourth-order valence-electron chi connectivity index (χ4n) is 1.25. The Balaban J connectivity index is 3.13. The monoisotopic (exact) mass is 239 g/mol. The van der Waals surface area contributed by atoms with Crippen LogP contribution in [0.4, 0.5) is 4.39 Å². The van der Waals surface area contributed by atoms with E-state index in [9.17, 15) is 14.3 Å². The number of ether oxygens (including phenoxy) is 1. The molecule has 2 atom stereocenters. The van der Waals surface area contributed by atoms with Crippen molar-refractivity contribution in [3.8, 4) is 6.07 Å². The number of aliphatic hydroxyl groups is 2. The molecule has 0 aromatic heterocycles. The molecule has 1 rings (SSSR count). The lowest BCUT2D eigenvalue weighted by Crippen LogP contribution is -2.16. The number of hydrogen-bond acceptors (Lipinski definition) is 5. The molecule has 0 aliphatic carbocycles. The Morgan fingerprint density at radius 2 is 2.18 bits per heavy atom. The first-order valence-electron chi connectivity index (χ1n) is 4.64. The molecule has 90 valence electrons. The number of rotatable bonds is 3. The first-order chi connectivity index (χ1) is 8.01. The number of benzene rings is 1. The molecule has 0 aliphatic rings. The van der Waals surface area contributed by atoms with Crippen molar-refractivity contribution >= 4 is 5.97 Å². The SMILES string of the molecule is COC(=O)c1cc(C(O)C(O)C#N)ccc1F. The number of carbonyl (C=O) groups is 1. The van der Waals surface area contributed by atoms with Crippen molar-refractivity contribution in [3.63, 3.8) is 0 Å². The first kappa shape index (κ1) is 13.1. The van der Waals surface area contributed by atoms with Crippen molar-refractivity contribution in [2.24, 2.45) is 0 Å². The van der Waals surface area contributed by atoms with E-state index in [4.69, 9.17) is 10.4 Å². The predicted octanol–water partition coefficient (Wildman–Crippen LogP) is 0.530. The molecule has 0 saturated heterocycles. The Morgan fingerprint density at radius 3 is 2.71 bits per heavy atom.